The number of hydrogen-bond acceptors (Lipinski definition) is 5. The number of nitrogens with one attached hydrogen (secondary N) is 2. The first-order chi connectivity index (χ1) is 17.1. The van der Waals surface area contributed by atoms with E-state index in [-0.39, 0.29) is 12.2 Å². The molecule has 13 heteroatoms. The van der Waals surface area contributed by atoms with Gasteiger partial charge in [-0.2, -0.15) is 0 Å². The average molecular weight is 520 g/mol. The van der Waals surface area contributed by atoms with Crippen LogP contribution in [0.15, 0.2) is 78.0 Å². The second-order valence-corrected chi connectivity index (χ2v) is 7.83. The van der Waals surface area contributed by atoms with E-state index in [1.807, 2.05) is 0 Å². The summed E-state index contributed by atoms with van der Waals surface area (Å²) in [4.78, 5) is 29.3. The van der Waals surface area contributed by atoms with Crippen LogP contribution in [0.5, 0.6) is 11.6 Å². The molecule has 0 aliphatic heterocycles. The highest BCUT2D eigenvalue weighted by Gasteiger charge is 2.31. The minimum atomic E-state index is -4.86. The summed E-state index contributed by atoms with van der Waals surface area (Å²) >= 11 is 5.84. The average Bonchev–Trinajstić information content (AvgIpc) is 3.09. The summed E-state index contributed by atoms with van der Waals surface area (Å²) in [6, 6.07) is 12.0. The first-order valence-electron chi connectivity index (χ1n) is 10.2. The number of halogens is 4. The lowest BCUT2D eigenvalue weighted by Gasteiger charge is -2.12. The normalized spacial score (nSPS) is 11.2. The molecular formula is C23H17ClF3N5O4. The Labute approximate surface area is 206 Å². The zero-order valence-corrected chi connectivity index (χ0v) is 18.9. The van der Waals surface area contributed by atoms with Crippen molar-refractivity contribution >= 4 is 29.0 Å². The van der Waals surface area contributed by atoms with Crippen LogP contribution in [0.1, 0.15) is 5.56 Å². The molecule has 0 saturated carbocycles. The summed E-state index contributed by atoms with van der Waals surface area (Å²) in [6.07, 6.45) is -0.816. The van der Waals surface area contributed by atoms with Gasteiger partial charge in [0, 0.05) is 16.9 Å². The van der Waals surface area contributed by atoms with Crippen molar-refractivity contribution < 1.29 is 27.8 Å². The number of aromatic nitrogens is 3. The Hall–Kier alpha value is -4.45. The van der Waals surface area contributed by atoms with Gasteiger partial charge in [0.2, 0.25) is 5.88 Å². The number of carbonyl (C=O) groups excluding carboxylic acids is 1. The Morgan fingerprint density at radius 3 is 2.42 bits per heavy atom. The minimum Gasteiger partial charge on any atom is -0.493 e. The van der Waals surface area contributed by atoms with Crippen LogP contribution in [0.4, 0.5) is 29.3 Å². The van der Waals surface area contributed by atoms with Gasteiger partial charge in [0.05, 0.1) is 30.3 Å². The third-order valence-electron chi connectivity index (χ3n) is 4.87. The third-order valence-corrected chi connectivity index (χ3v) is 5.12. The molecule has 2 amide bonds. The topological polar surface area (TPSA) is 110 Å². The number of carbonyl (C=O) groups is 1. The van der Waals surface area contributed by atoms with Crippen molar-refractivity contribution in [3.63, 3.8) is 0 Å². The Morgan fingerprint density at radius 2 is 1.75 bits per heavy atom. The highest BCUT2D eigenvalue weighted by atomic mass is 35.5. The van der Waals surface area contributed by atoms with E-state index in [1.54, 1.807) is 30.3 Å². The molecule has 3 N–H and O–H groups in total. The second kappa shape index (κ2) is 10.0. The smallest absolute Gasteiger partial charge is 0.493 e. The van der Waals surface area contributed by atoms with Crippen LogP contribution in [0, 0.1) is 0 Å². The summed E-state index contributed by atoms with van der Waals surface area (Å²) < 4.78 is 43.0. The number of aromatic hydroxyl groups is 1. The third kappa shape index (κ3) is 5.96. The van der Waals surface area contributed by atoms with Crippen molar-refractivity contribution in [2.75, 3.05) is 10.6 Å². The lowest BCUT2D eigenvalue weighted by atomic mass is 10.2. The van der Waals surface area contributed by atoms with Gasteiger partial charge >= 0.3 is 18.1 Å². The van der Waals surface area contributed by atoms with E-state index in [1.165, 1.54) is 35.3 Å². The van der Waals surface area contributed by atoms with Gasteiger partial charge in [-0.15, -0.1) is 13.2 Å². The molecule has 2 aromatic heterocycles. The maximum absolute atomic E-state index is 12.9. The number of ether oxygens (including phenoxy) is 1. The molecule has 0 aliphatic rings. The molecule has 2 heterocycles. The van der Waals surface area contributed by atoms with Gasteiger partial charge in [-0.25, -0.2) is 14.2 Å². The molecule has 0 saturated heterocycles. The number of imidazole rings is 1. The van der Waals surface area contributed by atoms with E-state index >= 15 is 0 Å². The maximum atomic E-state index is 12.9. The van der Waals surface area contributed by atoms with Gasteiger partial charge in [0.25, 0.3) is 0 Å². The van der Waals surface area contributed by atoms with E-state index in [0.29, 0.717) is 22.0 Å². The lowest BCUT2D eigenvalue weighted by molar-refractivity contribution is -0.274. The predicted molar refractivity (Wildman–Crippen MR) is 126 cm³/mol. The number of urea groups is 1. The number of anilines is 2. The zero-order chi connectivity index (χ0) is 25.9. The van der Waals surface area contributed by atoms with Crippen LogP contribution in [0.2, 0.25) is 5.02 Å². The number of benzene rings is 2. The van der Waals surface area contributed by atoms with Crippen molar-refractivity contribution in [2.45, 2.75) is 12.9 Å². The number of nitrogens with zero attached hydrogens (tertiary/aromatic N) is 3. The highest BCUT2D eigenvalue weighted by molar-refractivity contribution is 6.30. The molecule has 4 rings (SSSR count). The van der Waals surface area contributed by atoms with Crippen LogP contribution in [0.3, 0.4) is 0 Å². The summed E-state index contributed by atoms with van der Waals surface area (Å²) in [6.45, 7) is -0.0479. The van der Waals surface area contributed by atoms with Crippen LogP contribution in [-0.2, 0) is 6.54 Å². The maximum Gasteiger partial charge on any atom is 0.573 e. The fourth-order valence-electron chi connectivity index (χ4n) is 3.31. The van der Waals surface area contributed by atoms with Crippen LogP contribution in [-0.4, -0.2) is 31.6 Å². The lowest BCUT2D eigenvalue weighted by Crippen LogP contribution is -2.25. The SMILES string of the molecule is O=C(Nc1ccc(Cl)cc1)Nc1cnccc1Cn1cc(O)n(-c2ccc(OC(F)(F)F)cc2)c1=O. The molecular weight excluding hydrogens is 503 g/mol. The van der Waals surface area contributed by atoms with Crippen LogP contribution in [0.25, 0.3) is 5.69 Å². The minimum absolute atomic E-state index is 0.0479. The molecule has 0 atom stereocenters. The first kappa shape index (κ1) is 24.7. The Bertz CT molecular complexity index is 1430. The number of amides is 2. The summed E-state index contributed by atoms with van der Waals surface area (Å²) in [7, 11) is 0. The zero-order valence-electron chi connectivity index (χ0n) is 18.2. The van der Waals surface area contributed by atoms with Crippen LogP contribution >= 0.6 is 11.6 Å². The standard InChI is InChI=1S/C23H17ClF3N5O4/c24-15-1-3-16(4-2-15)29-21(34)30-19-11-28-10-9-14(19)12-31-13-20(33)32(22(31)35)17-5-7-18(8-6-17)36-23(25,26)27/h1-11,13,33H,12H2,(H2,29,30,34). The number of rotatable bonds is 6. The molecule has 2 aromatic carbocycles. The summed E-state index contributed by atoms with van der Waals surface area (Å²) in [5, 5.41) is 16.1. The van der Waals surface area contributed by atoms with E-state index in [9.17, 15) is 27.9 Å². The molecule has 0 aliphatic carbocycles. The Kier molecular flexibility index (Phi) is 6.88. The van der Waals surface area contributed by atoms with E-state index in [4.69, 9.17) is 11.6 Å². The Morgan fingerprint density at radius 1 is 1.06 bits per heavy atom. The van der Waals surface area contributed by atoms with E-state index in [2.05, 4.69) is 20.4 Å². The number of hydrogen-bond donors (Lipinski definition) is 3. The van der Waals surface area contributed by atoms with Crippen molar-refractivity contribution in [3.05, 3.63) is 94.3 Å². The molecule has 0 unspecified atom stereocenters. The van der Waals surface area contributed by atoms with Crippen molar-refractivity contribution in [2.24, 2.45) is 0 Å². The largest absolute Gasteiger partial charge is 0.573 e. The van der Waals surface area contributed by atoms with Crippen molar-refractivity contribution in [3.8, 4) is 17.3 Å². The van der Waals surface area contributed by atoms with Crippen molar-refractivity contribution in [1.82, 2.24) is 14.1 Å². The van der Waals surface area contributed by atoms with E-state index < -0.39 is 29.7 Å². The predicted octanol–water partition coefficient (Wildman–Crippen LogP) is 4.98. The molecule has 0 bridgehead atoms. The quantitative estimate of drug-likeness (QED) is 0.333. The monoisotopic (exact) mass is 519 g/mol. The summed E-state index contributed by atoms with van der Waals surface area (Å²) in [5.74, 6) is -0.906. The molecule has 0 radical (unpaired) electrons. The fourth-order valence-corrected chi connectivity index (χ4v) is 3.43. The number of alkyl halides is 3. The molecule has 36 heavy (non-hydrogen) atoms. The second-order valence-electron chi connectivity index (χ2n) is 7.39. The molecule has 4 aromatic rings. The van der Waals surface area contributed by atoms with Gasteiger partial charge in [-0.3, -0.25) is 9.55 Å². The van der Waals surface area contributed by atoms with Gasteiger partial charge in [-0.05, 0) is 60.2 Å². The van der Waals surface area contributed by atoms with Gasteiger partial charge in [-0.1, -0.05) is 11.6 Å². The van der Waals surface area contributed by atoms with Crippen molar-refractivity contribution in [1.29, 1.82) is 0 Å². The van der Waals surface area contributed by atoms with Gasteiger partial charge in [0.15, 0.2) is 0 Å². The molecule has 186 valence electrons. The van der Waals surface area contributed by atoms with Gasteiger partial charge < -0.3 is 20.5 Å². The molecule has 0 spiro atoms. The fraction of sp³-hybridized carbons (Fsp3) is 0.0870. The van der Waals surface area contributed by atoms with Crippen LogP contribution < -0.4 is 21.1 Å². The van der Waals surface area contributed by atoms with E-state index in [0.717, 1.165) is 16.7 Å². The van der Waals surface area contributed by atoms with Gasteiger partial charge in [0.1, 0.15) is 5.75 Å². The molecule has 0 fully saturated rings. The molecule has 9 nitrogen and oxygen atoms in total. The summed E-state index contributed by atoms with van der Waals surface area (Å²) in [5.41, 5.74) is 0.792. The first-order valence-corrected chi connectivity index (χ1v) is 10.6. The Balaban J connectivity index is 1.52. The highest BCUT2D eigenvalue weighted by Crippen LogP contribution is 2.25. The number of pyridine rings is 1.